The second-order valence-electron chi connectivity index (χ2n) is 5.42. The molecular weight excluding hydrogens is 268 g/mol. The van der Waals surface area contributed by atoms with Crippen molar-refractivity contribution in [3.8, 4) is 0 Å². The Hall–Kier alpha value is -1.89. The smallest absolute Gasteiger partial charge is 0.174 e. The van der Waals surface area contributed by atoms with Crippen molar-refractivity contribution in [1.29, 1.82) is 0 Å². The van der Waals surface area contributed by atoms with Crippen LogP contribution in [0.1, 0.15) is 30.2 Å². The third kappa shape index (κ3) is 3.24. The molecule has 7 nitrogen and oxygen atoms in total. The summed E-state index contributed by atoms with van der Waals surface area (Å²) in [4.78, 5) is 4.60. The summed E-state index contributed by atoms with van der Waals surface area (Å²) in [5, 5.41) is 20.7. The fourth-order valence-electron chi connectivity index (χ4n) is 2.67. The van der Waals surface area contributed by atoms with Crippen LogP contribution >= 0.6 is 0 Å². The number of nitrogens with two attached hydrogens (primary N) is 1. The zero-order valence-electron chi connectivity index (χ0n) is 13.0. The van der Waals surface area contributed by atoms with Crippen LogP contribution in [0.5, 0.6) is 0 Å². The molecule has 7 heteroatoms. The molecule has 1 aromatic heterocycles. The molecule has 1 aliphatic rings. The molecule has 0 radical (unpaired) electrons. The van der Waals surface area contributed by atoms with Gasteiger partial charge in [0.1, 0.15) is 0 Å². The van der Waals surface area contributed by atoms with E-state index < -0.39 is 0 Å². The quantitative estimate of drug-likeness (QED) is 0.368. The lowest BCUT2D eigenvalue weighted by molar-refractivity contribution is 0.257. The fraction of sp³-hybridized carbons (Fsp3) is 0.643. The molecule has 0 atom stereocenters. The van der Waals surface area contributed by atoms with Crippen molar-refractivity contribution < 1.29 is 5.21 Å². The number of aromatic nitrogens is 2. The van der Waals surface area contributed by atoms with Crippen molar-refractivity contribution in [3.63, 3.8) is 0 Å². The van der Waals surface area contributed by atoms with Crippen LogP contribution in [-0.2, 0) is 0 Å². The Balaban J connectivity index is 2.27. The number of aryl methyl sites for hydroxylation is 1. The molecule has 0 saturated carbocycles. The minimum atomic E-state index is 0.0940. The van der Waals surface area contributed by atoms with Crippen LogP contribution in [0.2, 0.25) is 0 Å². The molecule has 21 heavy (non-hydrogen) atoms. The average Bonchev–Trinajstić information content (AvgIpc) is 2.50. The maximum atomic E-state index is 9.03. The van der Waals surface area contributed by atoms with Gasteiger partial charge in [0.2, 0.25) is 0 Å². The van der Waals surface area contributed by atoms with Gasteiger partial charge in [-0.05, 0) is 32.4 Å². The van der Waals surface area contributed by atoms with Crippen LogP contribution in [0.3, 0.4) is 0 Å². The topological polar surface area (TPSA) is 90.9 Å². The monoisotopic (exact) mass is 292 g/mol. The molecule has 3 N–H and O–H groups in total. The van der Waals surface area contributed by atoms with Crippen molar-refractivity contribution in [2.45, 2.75) is 27.2 Å². The maximum absolute atomic E-state index is 9.03. The van der Waals surface area contributed by atoms with E-state index >= 15 is 0 Å². The summed E-state index contributed by atoms with van der Waals surface area (Å²) >= 11 is 0. The lowest BCUT2D eigenvalue weighted by Crippen LogP contribution is -2.47. The third-order valence-corrected chi connectivity index (χ3v) is 4.01. The summed E-state index contributed by atoms with van der Waals surface area (Å²) in [5.41, 5.74) is 8.24. The lowest BCUT2D eigenvalue weighted by Gasteiger charge is -2.36. The fourth-order valence-corrected chi connectivity index (χ4v) is 2.67. The van der Waals surface area contributed by atoms with Crippen LogP contribution in [0.25, 0.3) is 0 Å². The molecule has 0 spiro atoms. The van der Waals surface area contributed by atoms with Crippen molar-refractivity contribution in [2.75, 3.05) is 37.6 Å². The van der Waals surface area contributed by atoms with Gasteiger partial charge in [-0.1, -0.05) is 12.1 Å². The number of anilines is 1. The predicted molar refractivity (Wildman–Crippen MR) is 83.0 cm³/mol. The Morgan fingerprint density at radius 3 is 2.48 bits per heavy atom. The van der Waals surface area contributed by atoms with Gasteiger partial charge in [0, 0.05) is 26.2 Å². The molecule has 1 fully saturated rings. The minimum Gasteiger partial charge on any atom is -0.409 e. The first-order valence-corrected chi connectivity index (χ1v) is 7.37. The van der Waals surface area contributed by atoms with E-state index in [4.69, 9.17) is 10.9 Å². The van der Waals surface area contributed by atoms with Crippen molar-refractivity contribution in [3.05, 3.63) is 16.8 Å². The van der Waals surface area contributed by atoms with E-state index in [1.165, 1.54) is 6.42 Å². The summed E-state index contributed by atoms with van der Waals surface area (Å²) in [7, 11) is 0. The number of hydrogen-bond donors (Lipinski definition) is 2. The number of hydrogen-bond acceptors (Lipinski definition) is 6. The van der Waals surface area contributed by atoms with Gasteiger partial charge in [-0.15, -0.1) is 5.10 Å². The molecule has 0 bridgehead atoms. The van der Waals surface area contributed by atoms with E-state index in [0.717, 1.165) is 44.0 Å². The summed E-state index contributed by atoms with van der Waals surface area (Å²) in [5.74, 6) is 0.807. The minimum absolute atomic E-state index is 0.0940. The van der Waals surface area contributed by atoms with Gasteiger partial charge in [0.25, 0.3) is 0 Å². The highest BCUT2D eigenvalue weighted by Crippen LogP contribution is 2.23. The zero-order chi connectivity index (χ0) is 15.4. The molecule has 1 aromatic rings. The van der Waals surface area contributed by atoms with Gasteiger partial charge in [0.15, 0.2) is 11.7 Å². The standard InChI is InChI=1S/C14H24N6O/c1-4-5-19-6-8-20(9-7-19)14-12(13(15)18-21)10(2)11(3)16-17-14/h21H,4-9H2,1-3H3,(H2,15,18). The Morgan fingerprint density at radius 1 is 1.24 bits per heavy atom. The molecular formula is C14H24N6O. The molecule has 1 saturated heterocycles. The van der Waals surface area contributed by atoms with Gasteiger partial charge < -0.3 is 15.8 Å². The number of piperazine rings is 1. The Labute approximate surface area is 125 Å². The second-order valence-corrected chi connectivity index (χ2v) is 5.42. The first-order chi connectivity index (χ1) is 10.1. The lowest BCUT2D eigenvalue weighted by atomic mass is 10.1. The van der Waals surface area contributed by atoms with Crippen molar-refractivity contribution in [2.24, 2.45) is 10.9 Å². The number of rotatable bonds is 4. The third-order valence-electron chi connectivity index (χ3n) is 4.01. The van der Waals surface area contributed by atoms with Crippen LogP contribution in [0, 0.1) is 13.8 Å². The average molecular weight is 292 g/mol. The van der Waals surface area contributed by atoms with Crippen LogP contribution in [0.15, 0.2) is 5.16 Å². The van der Waals surface area contributed by atoms with Crippen LogP contribution in [0.4, 0.5) is 5.82 Å². The maximum Gasteiger partial charge on any atom is 0.174 e. The summed E-state index contributed by atoms with van der Waals surface area (Å²) < 4.78 is 0. The molecule has 116 valence electrons. The normalized spacial score (nSPS) is 17.3. The van der Waals surface area contributed by atoms with Crippen LogP contribution in [-0.4, -0.2) is 58.9 Å². The molecule has 0 unspecified atom stereocenters. The molecule has 2 heterocycles. The van der Waals surface area contributed by atoms with E-state index in [0.29, 0.717) is 11.4 Å². The van der Waals surface area contributed by atoms with Gasteiger partial charge in [-0.3, -0.25) is 4.90 Å². The number of amidine groups is 1. The first kappa shape index (κ1) is 15.5. The van der Waals surface area contributed by atoms with Gasteiger partial charge in [-0.2, -0.15) is 5.10 Å². The highest BCUT2D eigenvalue weighted by molar-refractivity contribution is 6.02. The van der Waals surface area contributed by atoms with E-state index in [2.05, 4.69) is 32.1 Å². The van der Waals surface area contributed by atoms with E-state index in [9.17, 15) is 0 Å². The van der Waals surface area contributed by atoms with Crippen molar-refractivity contribution >= 4 is 11.7 Å². The Kier molecular flexibility index (Phi) is 4.95. The van der Waals surface area contributed by atoms with Gasteiger partial charge >= 0.3 is 0 Å². The summed E-state index contributed by atoms with van der Waals surface area (Å²) in [6.07, 6.45) is 1.17. The number of oxime groups is 1. The highest BCUT2D eigenvalue weighted by atomic mass is 16.4. The highest BCUT2D eigenvalue weighted by Gasteiger charge is 2.23. The second kappa shape index (κ2) is 6.71. The molecule has 0 aromatic carbocycles. The predicted octanol–water partition coefficient (Wildman–Crippen LogP) is 0.720. The molecule has 0 aliphatic carbocycles. The van der Waals surface area contributed by atoms with E-state index in [1.807, 2.05) is 13.8 Å². The SMILES string of the molecule is CCCN1CCN(c2nnc(C)c(C)c2/C(N)=N/O)CC1. The molecule has 0 amide bonds. The Bertz CT molecular complexity index is 522. The summed E-state index contributed by atoms with van der Waals surface area (Å²) in [6, 6.07) is 0. The largest absolute Gasteiger partial charge is 0.409 e. The van der Waals surface area contributed by atoms with Gasteiger partial charge in [0.05, 0.1) is 11.3 Å². The number of nitrogens with zero attached hydrogens (tertiary/aromatic N) is 5. The van der Waals surface area contributed by atoms with Crippen molar-refractivity contribution in [1.82, 2.24) is 15.1 Å². The molecule has 1 aliphatic heterocycles. The summed E-state index contributed by atoms with van der Waals surface area (Å²) in [6.45, 7) is 10.9. The zero-order valence-corrected chi connectivity index (χ0v) is 13.0. The first-order valence-electron chi connectivity index (χ1n) is 7.37. The van der Waals surface area contributed by atoms with E-state index in [-0.39, 0.29) is 5.84 Å². The van der Waals surface area contributed by atoms with Crippen LogP contribution < -0.4 is 10.6 Å². The molecule has 2 rings (SSSR count). The van der Waals surface area contributed by atoms with E-state index in [1.54, 1.807) is 0 Å². The van der Waals surface area contributed by atoms with Gasteiger partial charge in [-0.25, -0.2) is 0 Å². The Morgan fingerprint density at radius 2 is 1.90 bits per heavy atom.